The summed E-state index contributed by atoms with van der Waals surface area (Å²) in [6.45, 7) is 5.69. The maximum atomic E-state index is 11.0. The lowest BCUT2D eigenvalue weighted by molar-refractivity contribution is -0.114. The van der Waals surface area contributed by atoms with E-state index in [9.17, 15) is 4.79 Å². The smallest absolute Gasteiger partial charge is 0.157 e. The molecule has 3 nitrogen and oxygen atoms in total. The van der Waals surface area contributed by atoms with Gasteiger partial charge in [-0.1, -0.05) is 6.92 Å². The van der Waals surface area contributed by atoms with Crippen molar-refractivity contribution in [3.8, 4) is 0 Å². The molecule has 2 aliphatic rings. The Morgan fingerprint density at radius 2 is 2.29 bits per heavy atom. The third-order valence-corrected chi connectivity index (χ3v) is 2.86. The molecule has 0 aromatic heterocycles. The third-order valence-electron chi connectivity index (χ3n) is 2.86. The van der Waals surface area contributed by atoms with Crippen molar-refractivity contribution in [3.63, 3.8) is 0 Å². The van der Waals surface area contributed by atoms with Crippen molar-refractivity contribution in [2.45, 2.75) is 32.2 Å². The summed E-state index contributed by atoms with van der Waals surface area (Å²) in [7, 11) is 0. The minimum absolute atomic E-state index is 0.275. The van der Waals surface area contributed by atoms with Crippen molar-refractivity contribution in [3.05, 3.63) is 11.8 Å². The van der Waals surface area contributed by atoms with Crippen LogP contribution in [-0.2, 0) is 4.79 Å². The number of carbonyl (C=O) groups excluding carboxylic acids is 1. The van der Waals surface area contributed by atoms with E-state index in [4.69, 9.17) is 0 Å². The maximum absolute atomic E-state index is 11.0. The fourth-order valence-corrected chi connectivity index (χ4v) is 2.13. The summed E-state index contributed by atoms with van der Waals surface area (Å²) in [6, 6.07) is 0.582. The number of ketones is 1. The molecule has 0 amide bonds. The van der Waals surface area contributed by atoms with Crippen LogP contribution in [0.4, 0.5) is 0 Å². The molecule has 78 valence electrons. The van der Waals surface area contributed by atoms with Crippen LogP contribution < -0.4 is 5.32 Å². The Kier molecular flexibility index (Phi) is 2.87. The van der Waals surface area contributed by atoms with Gasteiger partial charge in [-0.3, -0.25) is 9.69 Å². The summed E-state index contributed by atoms with van der Waals surface area (Å²) in [4.78, 5) is 13.4. The molecule has 0 bridgehead atoms. The van der Waals surface area contributed by atoms with E-state index in [1.165, 1.54) is 13.0 Å². The second-order valence-corrected chi connectivity index (χ2v) is 4.24. The Morgan fingerprint density at radius 1 is 1.50 bits per heavy atom. The lowest BCUT2D eigenvalue weighted by atomic mass is 10.1. The summed E-state index contributed by atoms with van der Waals surface area (Å²) < 4.78 is 0. The van der Waals surface area contributed by atoms with E-state index in [-0.39, 0.29) is 5.78 Å². The lowest BCUT2D eigenvalue weighted by Gasteiger charge is -2.40. The summed E-state index contributed by atoms with van der Waals surface area (Å²) in [5.74, 6) is 0.275. The van der Waals surface area contributed by atoms with Crippen LogP contribution in [0.1, 0.15) is 26.2 Å². The predicted octanol–water partition coefficient (Wildman–Crippen LogP) is 0.917. The molecule has 1 heterocycles. The summed E-state index contributed by atoms with van der Waals surface area (Å²) in [5, 5.41) is 3.43. The molecule has 1 aliphatic carbocycles. The van der Waals surface area contributed by atoms with Gasteiger partial charge in [0.2, 0.25) is 0 Å². The molecule has 1 saturated heterocycles. The van der Waals surface area contributed by atoms with Crippen LogP contribution in [0.3, 0.4) is 0 Å². The molecular formula is C11H18N2O. The summed E-state index contributed by atoms with van der Waals surface area (Å²) >= 11 is 0. The van der Waals surface area contributed by atoms with Gasteiger partial charge in [0.05, 0.1) is 6.04 Å². The monoisotopic (exact) mass is 194 g/mol. The van der Waals surface area contributed by atoms with Gasteiger partial charge in [-0.25, -0.2) is 0 Å². The standard InChI is InChI=1S/C11H18N2O/c1-2-5-13-7-10(8-13)12-9-3-4-11(14)6-9/h6,10,12H,2-5,7-8H2,1H3. The van der Waals surface area contributed by atoms with Crippen molar-refractivity contribution < 1.29 is 4.79 Å². The molecule has 1 fully saturated rings. The van der Waals surface area contributed by atoms with Crippen molar-refractivity contribution in [1.82, 2.24) is 10.2 Å². The van der Waals surface area contributed by atoms with Crippen molar-refractivity contribution in [2.24, 2.45) is 0 Å². The fourth-order valence-electron chi connectivity index (χ4n) is 2.13. The van der Waals surface area contributed by atoms with Crippen LogP contribution in [-0.4, -0.2) is 36.4 Å². The number of nitrogens with one attached hydrogen (secondary N) is 1. The first-order valence-corrected chi connectivity index (χ1v) is 5.50. The van der Waals surface area contributed by atoms with Gasteiger partial charge in [0.25, 0.3) is 0 Å². The highest BCUT2D eigenvalue weighted by molar-refractivity contribution is 5.92. The van der Waals surface area contributed by atoms with Crippen LogP contribution in [0.25, 0.3) is 0 Å². The molecule has 0 saturated carbocycles. The summed E-state index contributed by atoms with van der Waals surface area (Å²) in [6.07, 6.45) is 4.62. The molecule has 3 heteroatoms. The van der Waals surface area contributed by atoms with Gasteiger partial charge in [0.1, 0.15) is 0 Å². The number of nitrogens with zero attached hydrogens (tertiary/aromatic N) is 1. The van der Waals surface area contributed by atoms with Crippen LogP contribution in [0.5, 0.6) is 0 Å². The second-order valence-electron chi connectivity index (χ2n) is 4.24. The highest BCUT2D eigenvalue weighted by Gasteiger charge is 2.26. The van der Waals surface area contributed by atoms with Crippen molar-refractivity contribution in [2.75, 3.05) is 19.6 Å². The van der Waals surface area contributed by atoms with E-state index in [1.54, 1.807) is 6.08 Å². The van der Waals surface area contributed by atoms with Gasteiger partial charge in [0.15, 0.2) is 5.78 Å². The Balaban J connectivity index is 1.69. The molecule has 0 spiro atoms. The molecule has 0 radical (unpaired) electrons. The van der Waals surface area contributed by atoms with E-state index in [0.717, 1.165) is 25.2 Å². The quantitative estimate of drug-likeness (QED) is 0.722. The SMILES string of the molecule is CCCN1CC(NC2=CC(=O)CC2)C1. The van der Waals surface area contributed by atoms with E-state index in [0.29, 0.717) is 12.5 Å². The first kappa shape index (κ1) is 9.71. The normalized spacial score (nSPS) is 23.5. The first-order chi connectivity index (χ1) is 6.78. The van der Waals surface area contributed by atoms with Gasteiger partial charge in [0, 0.05) is 31.3 Å². The number of allylic oxidation sites excluding steroid dienone is 2. The Bertz CT molecular complexity index is 254. The number of hydrogen-bond donors (Lipinski definition) is 1. The molecular weight excluding hydrogens is 176 g/mol. The lowest BCUT2D eigenvalue weighted by Crippen LogP contribution is -2.57. The molecule has 0 aromatic rings. The van der Waals surface area contributed by atoms with E-state index in [2.05, 4.69) is 17.1 Å². The van der Waals surface area contributed by atoms with Gasteiger partial charge >= 0.3 is 0 Å². The van der Waals surface area contributed by atoms with Crippen molar-refractivity contribution in [1.29, 1.82) is 0 Å². The second kappa shape index (κ2) is 4.13. The highest BCUT2D eigenvalue weighted by atomic mass is 16.1. The minimum atomic E-state index is 0.275. The maximum Gasteiger partial charge on any atom is 0.157 e. The van der Waals surface area contributed by atoms with E-state index >= 15 is 0 Å². The third kappa shape index (κ3) is 2.15. The van der Waals surface area contributed by atoms with Gasteiger partial charge < -0.3 is 5.32 Å². The van der Waals surface area contributed by atoms with Crippen LogP contribution in [0.2, 0.25) is 0 Å². The number of rotatable bonds is 4. The largest absolute Gasteiger partial charge is 0.383 e. The molecule has 0 aromatic carbocycles. The zero-order valence-corrected chi connectivity index (χ0v) is 8.75. The average Bonchev–Trinajstić information content (AvgIpc) is 2.48. The van der Waals surface area contributed by atoms with Gasteiger partial charge in [-0.2, -0.15) is 0 Å². The number of carbonyl (C=O) groups is 1. The molecule has 0 atom stereocenters. The Labute approximate surface area is 85.2 Å². The van der Waals surface area contributed by atoms with E-state index in [1.807, 2.05) is 0 Å². The van der Waals surface area contributed by atoms with Crippen molar-refractivity contribution >= 4 is 5.78 Å². The predicted molar refractivity (Wildman–Crippen MR) is 56.0 cm³/mol. The molecule has 0 unspecified atom stereocenters. The highest BCUT2D eigenvalue weighted by Crippen LogP contribution is 2.16. The molecule has 14 heavy (non-hydrogen) atoms. The zero-order valence-electron chi connectivity index (χ0n) is 8.75. The van der Waals surface area contributed by atoms with Crippen LogP contribution in [0.15, 0.2) is 11.8 Å². The number of hydrogen-bond acceptors (Lipinski definition) is 3. The molecule has 1 N–H and O–H groups in total. The van der Waals surface area contributed by atoms with Gasteiger partial charge in [-0.05, 0) is 19.4 Å². The molecule has 1 aliphatic heterocycles. The number of likely N-dealkylation sites (tertiary alicyclic amines) is 1. The Morgan fingerprint density at radius 3 is 2.86 bits per heavy atom. The van der Waals surface area contributed by atoms with Crippen LogP contribution >= 0.6 is 0 Å². The Hall–Kier alpha value is -0.830. The molecule has 2 rings (SSSR count). The van der Waals surface area contributed by atoms with Crippen LogP contribution in [0, 0.1) is 0 Å². The van der Waals surface area contributed by atoms with E-state index < -0.39 is 0 Å². The summed E-state index contributed by atoms with van der Waals surface area (Å²) in [5.41, 5.74) is 1.15. The average molecular weight is 194 g/mol. The first-order valence-electron chi connectivity index (χ1n) is 5.50. The topological polar surface area (TPSA) is 32.3 Å². The minimum Gasteiger partial charge on any atom is -0.383 e. The fraction of sp³-hybridized carbons (Fsp3) is 0.727. The van der Waals surface area contributed by atoms with Gasteiger partial charge in [-0.15, -0.1) is 0 Å². The zero-order chi connectivity index (χ0) is 9.97.